The molecule has 0 aliphatic heterocycles. The highest BCUT2D eigenvalue weighted by molar-refractivity contribution is 7.84. The van der Waals surface area contributed by atoms with Crippen LogP contribution < -0.4 is 10.2 Å². The topological polar surface area (TPSA) is 62.3 Å². The van der Waals surface area contributed by atoms with Gasteiger partial charge in [0, 0.05) is 31.2 Å². The molecule has 5 nitrogen and oxygen atoms in total. The lowest BCUT2D eigenvalue weighted by molar-refractivity contribution is 0.102. The summed E-state index contributed by atoms with van der Waals surface area (Å²) >= 11 is 0. The lowest BCUT2D eigenvalue weighted by Gasteiger charge is -2.19. The fourth-order valence-electron chi connectivity index (χ4n) is 2.27. The molecule has 0 bridgehead atoms. The summed E-state index contributed by atoms with van der Waals surface area (Å²) in [5.74, 6) is -0.181. The highest BCUT2D eigenvalue weighted by Gasteiger charge is 2.11. The number of benzene rings is 1. The summed E-state index contributed by atoms with van der Waals surface area (Å²) in [5.41, 5.74) is 0.689. The van der Waals surface area contributed by atoms with Crippen molar-refractivity contribution in [2.45, 2.75) is 18.7 Å². The van der Waals surface area contributed by atoms with Crippen LogP contribution in [-0.2, 0) is 10.8 Å². The smallest absolute Gasteiger partial charge is 0.257 e. The second kappa shape index (κ2) is 8.01. The molecule has 1 aromatic heterocycles. The lowest BCUT2D eigenvalue weighted by atomic mass is 10.2. The Balaban J connectivity index is 2.12. The molecule has 0 saturated heterocycles. The van der Waals surface area contributed by atoms with Crippen molar-refractivity contribution in [3.8, 4) is 0 Å². The first-order valence-electron chi connectivity index (χ1n) is 7.61. The number of anilines is 2. The highest BCUT2D eigenvalue weighted by atomic mass is 32.2. The third-order valence-electron chi connectivity index (χ3n) is 3.60. The van der Waals surface area contributed by atoms with Gasteiger partial charge in [0.2, 0.25) is 0 Å². The van der Waals surface area contributed by atoms with Crippen LogP contribution in [0.1, 0.15) is 24.2 Å². The maximum absolute atomic E-state index is 13.8. The number of hydrogen-bond donors (Lipinski definition) is 1. The largest absolute Gasteiger partial charge is 0.357 e. The minimum absolute atomic E-state index is 0.109. The van der Waals surface area contributed by atoms with Gasteiger partial charge in [0.1, 0.15) is 11.6 Å². The number of halogens is 1. The predicted molar refractivity (Wildman–Crippen MR) is 94.5 cm³/mol. The van der Waals surface area contributed by atoms with Crippen molar-refractivity contribution in [1.82, 2.24) is 4.98 Å². The molecule has 0 saturated carbocycles. The number of nitrogens with zero attached hydrogens (tertiary/aromatic N) is 2. The average Bonchev–Trinajstić information content (AvgIpc) is 2.56. The van der Waals surface area contributed by atoms with Crippen LogP contribution in [0.5, 0.6) is 0 Å². The van der Waals surface area contributed by atoms with Crippen molar-refractivity contribution in [2.75, 3.05) is 29.6 Å². The van der Waals surface area contributed by atoms with Crippen LogP contribution in [0.2, 0.25) is 0 Å². The number of amides is 1. The fourth-order valence-corrected chi connectivity index (χ4v) is 2.86. The van der Waals surface area contributed by atoms with Crippen LogP contribution in [-0.4, -0.2) is 34.4 Å². The van der Waals surface area contributed by atoms with Gasteiger partial charge in [0.15, 0.2) is 0 Å². The van der Waals surface area contributed by atoms with Crippen molar-refractivity contribution in [1.29, 1.82) is 0 Å². The minimum Gasteiger partial charge on any atom is -0.357 e. The third kappa shape index (κ3) is 4.17. The summed E-state index contributed by atoms with van der Waals surface area (Å²) in [5, 5.41) is 2.61. The SMILES string of the molecule is CCN(CC)c1ccc(C(=O)Nc2ccc([S@](C)=O)c(F)c2)cn1. The van der Waals surface area contributed by atoms with Gasteiger partial charge in [-0.3, -0.25) is 9.00 Å². The Morgan fingerprint density at radius 2 is 1.96 bits per heavy atom. The predicted octanol–water partition coefficient (Wildman–Crippen LogP) is 3.06. The van der Waals surface area contributed by atoms with E-state index in [9.17, 15) is 13.4 Å². The number of nitrogens with one attached hydrogen (secondary N) is 1. The summed E-state index contributed by atoms with van der Waals surface area (Å²) in [6.45, 7) is 5.74. The number of pyridine rings is 1. The molecule has 24 heavy (non-hydrogen) atoms. The first kappa shape index (κ1) is 18.1. The normalized spacial score (nSPS) is 11.8. The molecule has 0 fully saturated rings. The van der Waals surface area contributed by atoms with Crippen molar-refractivity contribution < 1.29 is 13.4 Å². The van der Waals surface area contributed by atoms with Gasteiger partial charge < -0.3 is 10.2 Å². The van der Waals surface area contributed by atoms with Crippen LogP contribution in [0.25, 0.3) is 0 Å². The van der Waals surface area contributed by atoms with Gasteiger partial charge in [-0.15, -0.1) is 0 Å². The molecule has 1 aromatic carbocycles. The number of carbonyl (C=O) groups excluding carboxylic acids is 1. The summed E-state index contributed by atoms with van der Waals surface area (Å²) in [7, 11) is -1.41. The highest BCUT2D eigenvalue weighted by Crippen LogP contribution is 2.18. The molecule has 128 valence electrons. The third-order valence-corrected chi connectivity index (χ3v) is 4.55. The summed E-state index contributed by atoms with van der Waals surface area (Å²) in [4.78, 5) is 18.7. The maximum atomic E-state index is 13.8. The van der Waals surface area contributed by atoms with E-state index >= 15 is 0 Å². The molecule has 2 rings (SSSR count). The summed E-state index contributed by atoms with van der Waals surface area (Å²) in [6.07, 6.45) is 2.90. The van der Waals surface area contributed by atoms with Crippen LogP contribution in [0.4, 0.5) is 15.9 Å². The lowest BCUT2D eigenvalue weighted by Crippen LogP contribution is -2.23. The van der Waals surface area contributed by atoms with E-state index in [4.69, 9.17) is 0 Å². The molecular formula is C17H20FN3O2S. The molecular weight excluding hydrogens is 329 g/mol. The van der Waals surface area contributed by atoms with Crippen LogP contribution >= 0.6 is 0 Å². The van der Waals surface area contributed by atoms with Gasteiger partial charge in [-0.1, -0.05) is 0 Å². The van der Waals surface area contributed by atoms with Gasteiger partial charge >= 0.3 is 0 Å². The first-order chi connectivity index (χ1) is 11.5. The Labute approximate surface area is 143 Å². The molecule has 1 N–H and O–H groups in total. The number of carbonyl (C=O) groups is 1. The van der Waals surface area contributed by atoms with E-state index in [1.165, 1.54) is 24.6 Å². The Morgan fingerprint density at radius 1 is 1.25 bits per heavy atom. The quantitative estimate of drug-likeness (QED) is 0.871. The molecule has 1 heterocycles. The minimum atomic E-state index is -1.41. The van der Waals surface area contributed by atoms with E-state index in [-0.39, 0.29) is 10.8 Å². The number of rotatable bonds is 6. The summed E-state index contributed by atoms with van der Waals surface area (Å²) in [6, 6.07) is 7.55. The Kier molecular flexibility index (Phi) is 6.03. The molecule has 0 spiro atoms. The van der Waals surface area contributed by atoms with E-state index in [0.29, 0.717) is 11.3 Å². The van der Waals surface area contributed by atoms with Gasteiger partial charge in [0.05, 0.1) is 21.3 Å². The van der Waals surface area contributed by atoms with Crippen molar-refractivity contribution in [2.24, 2.45) is 0 Å². The molecule has 2 aromatic rings. The molecule has 0 aliphatic carbocycles. The van der Waals surface area contributed by atoms with Crippen molar-refractivity contribution >= 4 is 28.2 Å². The fraction of sp³-hybridized carbons (Fsp3) is 0.294. The average molecular weight is 349 g/mol. The Morgan fingerprint density at radius 3 is 2.46 bits per heavy atom. The molecule has 0 radical (unpaired) electrons. The monoisotopic (exact) mass is 349 g/mol. The molecule has 0 unspecified atom stereocenters. The van der Waals surface area contributed by atoms with Crippen molar-refractivity contribution in [3.63, 3.8) is 0 Å². The van der Waals surface area contributed by atoms with E-state index < -0.39 is 16.6 Å². The molecule has 1 atom stereocenters. The maximum Gasteiger partial charge on any atom is 0.257 e. The summed E-state index contributed by atoms with van der Waals surface area (Å²) < 4.78 is 25.1. The number of hydrogen-bond acceptors (Lipinski definition) is 4. The van der Waals surface area contributed by atoms with E-state index in [1.807, 2.05) is 13.8 Å². The zero-order valence-electron chi connectivity index (χ0n) is 13.9. The van der Waals surface area contributed by atoms with Gasteiger partial charge in [-0.25, -0.2) is 9.37 Å². The van der Waals surface area contributed by atoms with Crippen molar-refractivity contribution in [3.05, 3.63) is 47.9 Å². The standard InChI is InChI=1S/C17H20FN3O2S/c1-4-21(5-2)16-9-6-12(11-19-16)17(22)20-13-7-8-15(24(3)23)14(18)10-13/h6-11H,4-5H2,1-3H3,(H,20,22)/t24-/m0/s1. The zero-order chi connectivity index (χ0) is 17.7. The molecule has 1 amide bonds. The number of aromatic nitrogens is 1. The van der Waals surface area contributed by atoms with Gasteiger partial charge in [-0.05, 0) is 44.2 Å². The van der Waals surface area contributed by atoms with Crippen LogP contribution in [0, 0.1) is 5.82 Å². The molecule has 0 aliphatic rings. The van der Waals surface area contributed by atoms with E-state index in [1.54, 1.807) is 12.1 Å². The van der Waals surface area contributed by atoms with E-state index in [0.717, 1.165) is 25.0 Å². The first-order valence-corrected chi connectivity index (χ1v) is 9.17. The molecule has 7 heteroatoms. The zero-order valence-corrected chi connectivity index (χ0v) is 14.7. The second-order valence-electron chi connectivity index (χ2n) is 5.13. The van der Waals surface area contributed by atoms with Gasteiger partial charge in [-0.2, -0.15) is 0 Å². The van der Waals surface area contributed by atoms with Crippen LogP contribution in [0.15, 0.2) is 41.4 Å². The van der Waals surface area contributed by atoms with Crippen LogP contribution in [0.3, 0.4) is 0 Å². The van der Waals surface area contributed by atoms with Gasteiger partial charge in [0.25, 0.3) is 5.91 Å². The van der Waals surface area contributed by atoms with E-state index in [2.05, 4.69) is 15.2 Å². The Hall–Kier alpha value is -2.28. The second-order valence-corrected chi connectivity index (χ2v) is 6.48. The Bertz CT molecular complexity index is 746.